The summed E-state index contributed by atoms with van der Waals surface area (Å²) in [7, 11) is 2.89. The maximum absolute atomic E-state index is 11.4. The molecule has 4 nitrogen and oxygen atoms in total. The van der Waals surface area contributed by atoms with Gasteiger partial charge in [-0.25, -0.2) is 9.86 Å². The van der Waals surface area contributed by atoms with E-state index in [1.165, 1.54) is 25.3 Å². The number of halogens is 2. The van der Waals surface area contributed by atoms with Crippen LogP contribution < -0.4 is 5.32 Å². The van der Waals surface area contributed by atoms with Gasteiger partial charge in [0.2, 0.25) is 0 Å². The smallest absolute Gasteiger partial charge is 0.306 e. The summed E-state index contributed by atoms with van der Waals surface area (Å²) in [6, 6.07) is 25.2. The first-order valence-electron chi connectivity index (χ1n) is 8.15. The third-order valence-corrected chi connectivity index (χ3v) is 4.35. The van der Waals surface area contributed by atoms with E-state index in [1.807, 2.05) is 12.1 Å². The van der Waals surface area contributed by atoms with Crippen LogP contribution in [0.15, 0.2) is 78.9 Å². The molecular formula is C21H20Cl2N2O2. The second-order valence-corrected chi connectivity index (χ2v) is 6.29. The Balaban J connectivity index is 0.000000198. The highest BCUT2D eigenvalue weighted by Gasteiger charge is 2.08. The molecule has 0 bridgehead atoms. The fourth-order valence-corrected chi connectivity index (χ4v) is 2.42. The van der Waals surface area contributed by atoms with Gasteiger partial charge >= 0.3 is 6.03 Å². The Morgan fingerprint density at radius 2 is 1.37 bits per heavy atom. The van der Waals surface area contributed by atoms with E-state index in [9.17, 15) is 4.79 Å². The molecule has 0 spiro atoms. The standard InChI is InChI=1S/C12H10.C9H10Cl2N2O2/c1-3-7-11(8-4-1)12-9-5-2-6-10-12;1-13(15-2)9(14)12-6-3-4-7(10)8(11)5-6/h1-10H;3-5H,1-2H3,(H,12,14). The molecule has 0 saturated carbocycles. The van der Waals surface area contributed by atoms with Crippen LogP contribution in [0.3, 0.4) is 0 Å². The topological polar surface area (TPSA) is 41.6 Å². The number of benzene rings is 3. The molecular weight excluding hydrogens is 383 g/mol. The van der Waals surface area contributed by atoms with Crippen molar-refractivity contribution in [2.24, 2.45) is 0 Å². The van der Waals surface area contributed by atoms with Gasteiger partial charge < -0.3 is 5.32 Å². The lowest BCUT2D eigenvalue weighted by Gasteiger charge is -2.14. The first kappa shape index (κ1) is 20.8. The summed E-state index contributed by atoms with van der Waals surface area (Å²) in [6.07, 6.45) is 0. The van der Waals surface area contributed by atoms with Crippen molar-refractivity contribution in [1.82, 2.24) is 5.06 Å². The zero-order valence-electron chi connectivity index (χ0n) is 15.0. The van der Waals surface area contributed by atoms with Crippen LogP contribution in [0.5, 0.6) is 0 Å². The van der Waals surface area contributed by atoms with Crippen molar-refractivity contribution in [2.45, 2.75) is 0 Å². The lowest BCUT2D eigenvalue weighted by atomic mass is 10.1. The Kier molecular flexibility index (Phi) is 8.14. The fraction of sp³-hybridized carbons (Fsp3) is 0.0952. The molecule has 0 fully saturated rings. The number of nitrogens with zero attached hydrogens (tertiary/aromatic N) is 1. The molecule has 2 amide bonds. The van der Waals surface area contributed by atoms with Crippen LogP contribution in [0.25, 0.3) is 11.1 Å². The van der Waals surface area contributed by atoms with Gasteiger partial charge in [-0.2, -0.15) is 0 Å². The quantitative estimate of drug-likeness (QED) is 0.516. The molecule has 0 radical (unpaired) electrons. The van der Waals surface area contributed by atoms with E-state index in [2.05, 4.69) is 53.8 Å². The van der Waals surface area contributed by atoms with Crippen LogP contribution in [0.4, 0.5) is 10.5 Å². The Morgan fingerprint density at radius 3 is 1.81 bits per heavy atom. The first-order valence-corrected chi connectivity index (χ1v) is 8.91. The molecule has 3 aromatic carbocycles. The largest absolute Gasteiger partial charge is 0.345 e. The lowest BCUT2D eigenvalue weighted by Crippen LogP contribution is -2.30. The molecule has 0 saturated heterocycles. The summed E-state index contributed by atoms with van der Waals surface area (Å²) >= 11 is 11.5. The second-order valence-electron chi connectivity index (χ2n) is 5.47. The lowest BCUT2D eigenvalue weighted by molar-refractivity contribution is -0.0598. The van der Waals surface area contributed by atoms with Gasteiger partial charge in [0.25, 0.3) is 0 Å². The molecule has 0 unspecified atom stereocenters. The van der Waals surface area contributed by atoms with Gasteiger partial charge in [0.1, 0.15) is 0 Å². The average Bonchev–Trinajstić information content (AvgIpc) is 2.72. The molecule has 1 N–H and O–H groups in total. The molecule has 0 aliphatic rings. The van der Waals surface area contributed by atoms with Crippen molar-refractivity contribution < 1.29 is 9.63 Å². The number of anilines is 1. The fourth-order valence-electron chi connectivity index (χ4n) is 2.12. The molecule has 27 heavy (non-hydrogen) atoms. The van der Waals surface area contributed by atoms with Gasteiger partial charge in [-0.05, 0) is 29.3 Å². The predicted octanol–water partition coefficient (Wildman–Crippen LogP) is 6.37. The number of urea groups is 1. The van der Waals surface area contributed by atoms with Crippen LogP contribution in [-0.2, 0) is 4.84 Å². The van der Waals surface area contributed by atoms with Crippen molar-refractivity contribution in [3.63, 3.8) is 0 Å². The highest BCUT2D eigenvalue weighted by atomic mass is 35.5. The summed E-state index contributed by atoms with van der Waals surface area (Å²) in [6.45, 7) is 0. The van der Waals surface area contributed by atoms with Gasteiger partial charge in [-0.15, -0.1) is 0 Å². The van der Waals surface area contributed by atoms with Crippen LogP contribution in [0, 0.1) is 0 Å². The average molecular weight is 403 g/mol. The predicted molar refractivity (Wildman–Crippen MR) is 112 cm³/mol. The minimum atomic E-state index is -0.393. The van der Waals surface area contributed by atoms with E-state index < -0.39 is 6.03 Å². The molecule has 3 rings (SSSR count). The maximum atomic E-state index is 11.4. The first-order chi connectivity index (χ1) is 13.0. The van der Waals surface area contributed by atoms with Crippen molar-refractivity contribution in [3.05, 3.63) is 88.9 Å². The Bertz CT molecular complexity index is 821. The van der Waals surface area contributed by atoms with Crippen LogP contribution in [0.1, 0.15) is 0 Å². The third kappa shape index (κ3) is 6.61. The SMILES string of the molecule is CON(C)C(=O)Nc1ccc(Cl)c(Cl)c1.c1ccc(-c2ccccc2)cc1. The summed E-state index contributed by atoms with van der Waals surface area (Å²) < 4.78 is 0. The van der Waals surface area contributed by atoms with Crippen molar-refractivity contribution >= 4 is 34.9 Å². The molecule has 0 aliphatic heterocycles. The number of carbonyl (C=O) groups is 1. The molecule has 6 heteroatoms. The minimum absolute atomic E-state index is 0.384. The van der Waals surface area contributed by atoms with Crippen LogP contribution in [0.2, 0.25) is 10.0 Å². The van der Waals surface area contributed by atoms with Gasteiger partial charge in [0, 0.05) is 12.7 Å². The molecule has 0 aliphatic carbocycles. The summed E-state index contributed by atoms with van der Waals surface area (Å²) in [5.41, 5.74) is 3.11. The van der Waals surface area contributed by atoms with Gasteiger partial charge in [0.15, 0.2) is 0 Å². The van der Waals surface area contributed by atoms with Crippen molar-refractivity contribution in [3.8, 4) is 11.1 Å². The van der Waals surface area contributed by atoms with Crippen molar-refractivity contribution in [1.29, 1.82) is 0 Å². The highest BCUT2D eigenvalue weighted by molar-refractivity contribution is 6.42. The number of rotatable bonds is 3. The van der Waals surface area contributed by atoms with Crippen LogP contribution in [-0.4, -0.2) is 25.3 Å². The molecule has 3 aromatic rings. The van der Waals surface area contributed by atoms with Gasteiger partial charge in [-0.3, -0.25) is 4.84 Å². The van der Waals surface area contributed by atoms with E-state index >= 15 is 0 Å². The van der Waals surface area contributed by atoms with E-state index in [0.29, 0.717) is 15.7 Å². The summed E-state index contributed by atoms with van der Waals surface area (Å²) in [5.74, 6) is 0. The monoisotopic (exact) mass is 402 g/mol. The van der Waals surface area contributed by atoms with E-state index in [4.69, 9.17) is 28.0 Å². The normalized spacial score (nSPS) is 9.78. The summed E-state index contributed by atoms with van der Waals surface area (Å²) in [5, 5.41) is 4.46. The zero-order valence-corrected chi connectivity index (χ0v) is 16.5. The molecule has 0 atom stereocenters. The molecule has 0 heterocycles. The zero-order chi connectivity index (χ0) is 19.6. The third-order valence-electron chi connectivity index (χ3n) is 3.61. The number of nitrogens with one attached hydrogen (secondary N) is 1. The Morgan fingerprint density at radius 1 is 0.852 bits per heavy atom. The number of hydrogen-bond acceptors (Lipinski definition) is 2. The van der Waals surface area contributed by atoms with E-state index in [0.717, 1.165) is 5.06 Å². The Labute approximate surface area is 169 Å². The molecule has 140 valence electrons. The number of carbonyl (C=O) groups excluding carboxylic acids is 1. The van der Waals surface area contributed by atoms with Gasteiger partial charge in [-0.1, -0.05) is 83.9 Å². The molecule has 0 aromatic heterocycles. The van der Waals surface area contributed by atoms with Gasteiger partial charge in [0.05, 0.1) is 17.2 Å². The van der Waals surface area contributed by atoms with Crippen molar-refractivity contribution in [2.75, 3.05) is 19.5 Å². The minimum Gasteiger partial charge on any atom is -0.306 e. The van der Waals surface area contributed by atoms with E-state index in [-0.39, 0.29) is 0 Å². The summed E-state index contributed by atoms with van der Waals surface area (Å²) in [4.78, 5) is 16.1. The second kappa shape index (κ2) is 10.6. The van der Waals surface area contributed by atoms with E-state index in [1.54, 1.807) is 18.2 Å². The van der Waals surface area contributed by atoms with Crippen LogP contribution >= 0.6 is 23.2 Å². The number of amides is 2. The number of hydrogen-bond donors (Lipinski definition) is 1. The maximum Gasteiger partial charge on any atom is 0.345 e. The number of hydroxylamine groups is 2. The highest BCUT2D eigenvalue weighted by Crippen LogP contribution is 2.25. The Hall–Kier alpha value is -2.53.